The third-order valence-corrected chi connectivity index (χ3v) is 7.79. The van der Waals surface area contributed by atoms with Gasteiger partial charge in [0.05, 0.1) is 16.3 Å². The van der Waals surface area contributed by atoms with Crippen LogP contribution in [0.3, 0.4) is 0 Å². The molecule has 2 heterocycles. The molecular formula is C23H17BrN4O5S. The van der Waals surface area contributed by atoms with Crippen LogP contribution in [0.25, 0.3) is 11.4 Å². The zero-order valence-corrected chi connectivity index (χ0v) is 19.9. The topological polar surface area (TPSA) is 125 Å². The van der Waals surface area contributed by atoms with Crippen molar-refractivity contribution < 1.29 is 17.7 Å². The molecule has 1 aliphatic rings. The number of carbonyl (C=O) groups excluding carboxylic acids is 1. The van der Waals surface area contributed by atoms with Crippen LogP contribution in [0.4, 0.5) is 11.4 Å². The van der Waals surface area contributed by atoms with Crippen molar-refractivity contribution in [2.75, 3.05) is 16.2 Å². The molecule has 0 aliphatic carbocycles. The fourth-order valence-electron chi connectivity index (χ4n) is 3.82. The van der Waals surface area contributed by atoms with E-state index in [1.807, 2.05) is 18.2 Å². The fraction of sp³-hybridized carbons (Fsp3) is 0.0870. The molecule has 0 saturated heterocycles. The highest BCUT2D eigenvalue weighted by atomic mass is 79.9. The molecule has 4 aromatic rings. The van der Waals surface area contributed by atoms with E-state index in [-0.39, 0.29) is 16.3 Å². The highest BCUT2D eigenvalue weighted by Gasteiger charge is 2.30. The molecule has 0 bridgehead atoms. The van der Waals surface area contributed by atoms with Gasteiger partial charge in [0.2, 0.25) is 0 Å². The zero-order valence-electron chi connectivity index (χ0n) is 17.5. The van der Waals surface area contributed by atoms with Gasteiger partial charge >= 0.3 is 5.76 Å². The average Bonchev–Trinajstić information content (AvgIpc) is 3.47. The summed E-state index contributed by atoms with van der Waals surface area (Å²) in [5, 5.41) is 6.44. The largest absolute Gasteiger partial charge is 0.439 e. The van der Waals surface area contributed by atoms with Crippen LogP contribution >= 0.6 is 15.9 Å². The number of rotatable bonds is 5. The maximum Gasteiger partial charge on any atom is 0.439 e. The molecule has 34 heavy (non-hydrogen) atoms. The number of sulfonamides is 1. The summed E-state index contributed by atoms with van der Waals surface area (Å²) in [6.07, 6.45) is 0.655. The highest BCUT2D eigenvalue weighted by Crippen LogP contribution is 2.33. The van der Waals surface area contributed by atoms with Gasteiger partial charge in [0.25, 0.3) is 15.9 Å². The number of halogens is 1. The van der Waals surface area contributed by atoms with Crippen LogP contribution in [0.1, 0.15) is 15.9 Å². The van der Waals surface area contributed by atoms with Gasteiger partial charge in [-0.2, -0.15) is 0 Å². The Balaban J connectivity index is 1.39. The second-order valence-corrected chi connectivity index (χ2v) is 10.3. The summed E-state index contributed by atoms with van der Waals surface area (Å²) >= 11 is 3.35. The minimum atomic E-state index is -3.75. The Hall–Kier alpha value is -3.70. The molecule has 0 atom stereocenters. The maximum atomic E-state index is 13.2. The lowest BCUT2D eigenvalue weighted by molar-refractivity contribution is 0.102. The van der Waals surface area contributed by atoms with Gasteiger partial charge < -0.3 is 5.32 Å². The van der Waals surface area contributed by atoms with E-state index in [9.17, 15) is 18.0 Å². The Labute approximate surface area is 202 Å². The van der Waals surface area contributed by atoms with Crippen molar-refractivity contribution in [3.8, 4) is 11.4 Å². The molecule has 0 unspecified atom stereocenters. The molecule has 3 aromatic carbocycles. The first-order chi connectivity index (χ1) is 16.3. The Morgan fingerprint density at radius 1 is 1.09 bits per heavy atom. The molecule has 11 heteroatoms. The van der Waals surface area contributed by atoms with Gasteiger partial charge in [-0.05, 0) is 60.5 Å². The molecule has 2 N–H and O–H groups in total. The number of nitrogens with zero attached hydrogens (tertiary/aromatic N) is 2. The van der Waals surface area contributed by atoms with Crippen LogP contribution in [0.15, 0.2) is 85.4 Å². The van der Waals surface area contributed by atoms with Crippen molar-refractivity contribution in [2.45, 2.75) is 11.3 Å². The van der Waals surface area contributed by atoms with Gasteiger partial charge in [0.1, 0.15) is 0 Å². The molecule has 1 aromatic heterocycles. The molecule has 1 amide bonds. The van der Waals surface area contributed by atoms with Crippen molar-refractivity contribution in [1.82, 2.24) is 10.1 Å². The number of fused-ring (bicyclic) bond motifs is 1. The summed E-state index contributed by atoms with van der Waals surface area (Å²) in [6, 6.07) is 18.2. The summed E-state index contributed by atoms with van der Waals surface area (Å²) in [5.74, 6) is -1.01. The second kappa shape index (κ2) is 8.58. The molecule has 9 nitrogen and oxygen atoms in total. The van der Waals surface area contributed by atoms with Crippen LogP contribution in [0.2, 0.25) is 0 Å². The smallest absolute Gasteiger partial charge is 0.321 e. The van der Waals surface area contributed by atoms with E-state index in [0.717, 1.165) is 5.56 Å². The number of nitrogens with one attached hydrogen (secondary N) is 2. The van der Waals surface area contributed by atoms with E-state index in [0.29, 0.717) is 34.4 Å². The maximum absolute atomic E-state index is 13.2. The van der Waals surface area contributed by atoms with E-state index >= 15 is 0 Å². The Morgan fingerprint density at radius 2 is 1.85 bits per heavy atom. The van der Waals surface area contributed by atoms with Gasteiger partial charge in [0.15, 0.2) is 5.82 Å². The SMILES string of the molecule is O=C(Nc1ccc(Br)cc1-c1noc(=O)[nH]1)c1ccc(S(=O)(=O)N2CCc3ccccc32)cc1. The van der Waals surface area contributed by atoms with E-state index in [1.165, 1.54) is 28.6 Å². The number of aromatic amines is 1. The standard InChI is InChI=1S/C23H17BrN4O5S/c24-16-7-10-19(18(13-16)21-26-23(30)33-27-21)25-22(29)15-5-8-17(9-6-15)34(31,32)28-12-11-14-3-1-2-4-20(14)28/h1-10,13H,11-12H2,(H,25,29)(H,26,27,30). The van der Waals surface area contributed by atoms with Crippen LogP contribution < -0.4 is 15.4 Å². The third kappa shape index (κ3) is 4.03. The monoisotopic (exact) mass is 540 g/mol. The number of carbonyl (C=O) groups is 1. The number of hydrogen-bond acceptors (Lipinski definition) is 6. The van der Waals surface area contributed by atoms with Crippen molar-refractivity contribution in [3.05, 3.63) is 92.9 Å². The lowest BCUT2D eigenvalue weighted by atomic mass is 10.1. The second-order valence-electron chi connectivity index (χ2n) is 7.57. The lowest BCUT2D eigenvalue weighted by Gasteiger charge is -2.19. The summed E-state index contributed by atoms with van der Waals surface area (Å²) in [7, 11) is -3.75. The van der Waals surface area contributed by atoms with E-state index < -0.39 is 21.7 Å². The van der Waals surface area contributed by atoms with Crippen molar-refractivity contribution in [1.29, 1.82) is 0 Å². The van der Waals surface area contributed by atoms with Crippen molar-refractivity contribution >= 4 is 43.2 Å². The summed E-state index contributed by atoms with van der Waals surface area (Å²) in [6.45, 7) is 0.375. The number of hydrogen-bond donors (Lipinski definition) is 2. The van der Waals surface area contributed by atoms with Gasteiger partial charge in [-0.25, -0.2) is 13.2 Å². The molecule has 0 saturated carbocycles. The fourth-order valence-corrected chi connectivity index (χ4v) is 5.69. The van der Waals surface area contributed by atoms with Gasteiger partial charge in [-0.1, -0.05) is 39.3 Å². The van der Waals surface area contributed by atoms with Gasteiger partial charge in [-0.3, -0.25) is 18.6 Å². The van der Waals surface area contributed by atoms with Crippen molar-refractivity contribution in [3.63, 3.8) is 0 Å². The number of aromatic nitrogens is 2. The summed E-state index contributed by atoms with van der Waals surface area (Å²) in [4.78, 5) is 26.8. The first kappa shape index (κ1) is 22.1. The van der Waals surface area contributed by atoms with Crippen molar-refractivity contribution in [2.24, 2.45) is 0 Å². The minimum Gasteiger partial charge on any atom is -0.321 e. The number of amides is 1. The first-order valence-corrected chi connectivity index (χ1v) is 12.4. The van der Waals surface area contributed by atoms with E-state index in [4.69, 9.17) is 0 Å². The molecular weight excluding hydrogens is 524 g/mol. The molecule has 0 spiro atoms. The van der Waals surface area contributed by atoms with Crippen LogP contribution in [0.5, 0.6) is 0 Å². The van der Waals surface area contributed by atoms with Gasteiger partial charge in [0, 0.05) is 22.1 Å². The number of para-hydroxylation sites is 1. The quantitative estimate of drug-likeness (QED) is 0.396. The van der Waals surface area contributed by atoms with E-state index in [2.05, 4.69) is 35.9 Å². The molecule has 5 rings (SSSR count). The molecule has 1 aliphatic heterocycles. The first-order valence-electron chi connectivity index (χ1n) is 10.2. The zero-order chi connectivity index (χ0) is 23.9. The van der Waals surface area contributed by atoms with E-state index in [1.54, 1.807) is 24.3 Å². The Bertz CT molecular complexity index is 1560. The van der Waals surface area contributed by atoms with Crippen LogP contribution in [-0.2, 0) is 16.4 Å². The summed E-state index contributed by atoms with van der Waals surface area (Å²) in [5.41, 5.74) is 2.77. The Kier molecular flexibility index (Phi) is 5.58. The summed E-state index contributed by atoms with van der Waals surface area (Å²) < 4.78 is 33.0. The Morgan fingerprint density at radius 3 is 2.59 bits per heavy atom. The highest BCUT2D eigenvalue weighted by molar-refractivity contribution is 9.10. The normalized spacial score (nSPS) is 13.0. The minimum absolute atomic E-state index is 0.102. The number of anilines is 2. The molecule has 0 fully saturated rings. The lowest BCUT2D eigenvalue weighted by Crippen LogP contribution is -2.29. The average molecular weight is 541 g/mol. The molecule has 172 valence electrons. The third-order valence-electron chi connectivity index (χ3n) is 5.47. The number of H-pyrrole nitrogens is 1. The predicted octanol–water partition coefficient (Wildman–Crippen LogP) is 3.80. The number of benzene rings is 3. The predicted molar refractivity (Wildman–Crippen MR) is 129 cm³/mol. The van der Waals surface area contributed by atoms with Crippen LogP contribution in [-0.4, -0.2) is 31.0 Å². The van der Waals surface area contributed by atoms with Gasteiger partial charge in [-0.15, -0.1) is 0 Å². The molecule has 0 radical (unpaired) electrons. The van der Waals surface area contributed by atoms with Crippen LogP contribution in [0, 0.1) is 0 Å².